The second kappa shape index (κ2) is 7.31. The number of amides is 1. The molecule has 0 aliphatic heterocycles. The maximum Gasteiger partial charge on any atom is 0.225 e. The number of anilines is 1. The van der Waals surface area contributed by atoms with E-state index in [1.165, 1.54) is 12.1 Å². The molecule has 1 amide bonds. The molecule has 2 nitrogen and oxygen atoms in total. The minimum absolute atomic E-state index is 0.128. The summed E-state index contributed by atoms with van der Waals surface area (Å²) in [6.07, 6.45) is 0.365. The lowest BCUT2D eigenvalue weighted by Crippen LogP contribution is -2.12. The van der Waals surface area contributed by atoms with Gasteiger partial charge in [0.05, 0.1) is 0 Å². The molecule has 104 valence electrons. The van der Waals surface area contributed by atoms with Crippen LogP contribution in [0.1, 0.15) is 6.42 Å². The van der Waals surface area contributed by atoms with Gasteiger partial charge in [-0.15, -0.1) is 11.8 Å². The van der Waals surface area contributed by atoms with E-state index in [1.807, 2.05) is 24.3 Å². The van der Waals surface area contributed by atoms with E-state index in [4.69, 9.17) is 11.6 Å². The van der Waals surface area contributed by atoms with Crippen LogP contribution in [0.2, 0.25) is 5.02 Å². The van der Waals surface area contributed by atoms with Crippen LogP contribution in [0.15, 0.2) is 53.4 Å². The average Bonchev–Trinajstić information content (AvgIpc) is 2.41. The smallest absolute Gasteiger partial charge is 0.225 e. The first kappa shape index (κ1) is 14.9. The Bertz CT molecular complexity index is 589. The molecule has 1 N–H and O–H groups in total. The molecule has 2 aromatic carbocycles. The fraction of sp³-hybridized carbons (Fsp3) is 0.133. The molecular formula is C15H13ClFNOS. The van der Waals surface area contributed by atoms with E-state index in [2.05, 4.69) is 5.32 Å². The zero-order valence-electron chi connectivity index (χ0n) is 10.6. The van der Waals surface area contributed by atoms with Gasteiger partial charge in [0.15, 0.2) is 0 Å². The molecule has 2 rings (SSSR count). The van der Waals surface area contributed by atoms with Gasteiger partial charge >= 0.3 is 0 Å². The summed E-state index contributed by atoms with van der Waals surface area (Å²) in [5, 5.41) is 3.36. The van der Waals surface area contributed by atoms with Crippen LogP contribution in [0.3, 0.4) is 0 Å². The van der Waals surface area contributed by atoms with Gasteiger partial charge in [-0.3, -0.25) is 4.79 Å². The summed E-state index contributed by atoms with van der Waals surface area (Å²) in [7, 11) is 0. The van der Waals surface area contributed by atoms with Crippen molar-refractivity contribution in [3.63, 3.8) is 0 Å². The number of carbonyl (C=O) groups excluding carboxylic acids is 1. The Balaban J connectivity index is 1.76. The first-order valence-electron chi connectivity index (χ1n) is 6.07. The highest BCUT2D eigenvalue weighted by molar-refractivity contribution is 7.99. The predicted octanol–water partition coefficient (Wildman–Crippen LogP) is 4.60. The average molecular weight is 310 g/mol. The van der Waals surface area contributed by atoms with Crippen LogP contribution in [0.5, 0.6) is 0 Å². The molecule has 0 atom stereocenters. The van der Waals surface area contributed by atoms with Gasteiger partial charge in [0.2, 0.25) is 5.91 Å². The highest BCUT2D eigenvalue weighted by Gasteiger charge is 2.03. The molecule has 0 heterocycles. The lowest BCUT2D eigenvalue weighted by atomic mass is 10.3. The first-order valence-corrected chi connectivity index (χ1v) is 7.43. The zero-order valence-corrected chi connectivity index (χ0v) is 12.2. The van der Waals surface area contributed by atoms with Crippen molar-refractivity contribution in [2.45, 2.75) is 11.3 Å². The van der Waals surface area contributed by atoms with Crippen LogP contribution in [-0.2, 0) is 4.79 Å². The van der Waals surface area contributed by atoms with E-state index in [9.17, 15) is 9.18 Å². The number of benzene rings is 2. The lowest BCUT2D eigenvalue weighted by Gasteiger charge is -2.05. The van der Waals surface area contributed by atoms with Crippen molar-refractivity contribution in [3.8, 4) is 0 Å². The molecule has 0 spiro atoms. The molecule has 0 bridgehead atoms. The van der Waals surface area contributed by atoms with Crippen molar-refractivity contribution in [1.29, 1.82) is 0 Å². The summed E-state index contributed by atoms with van der Waals surface area (Å²) in [6.45, 7) is 0. The Morgan fingerprint density at radius 3 is 2.65 bits per heavy atom. The molecule has 5 heteroatoms. The molecule has 2 aromatic rings. The predicted molar refractivity (Wildman–Crippen MR) is 81.8 cm³/mol. The summed E-state index contributed by atoms with van der Waals surface area (Å²) in [5.74, 6) is 0.165. The summed E-state index contributed by atoms with van der Waals surface area (Å²) in [6, 6.07) is 13.3. The topological polar surface area (TPSA) is 29.1 Å². The molecule has 20 heavy (non-hydrogen) atoms. The van der Waals surface area contributed by atoms with Crippen molar-refractivity contribution >= 4 is 35.0 Å². The van der Waals surface area contributed by atoms with Gasteiger partial charge in [-0.1, -0.05) is 17.7 Å². The number of hydrogen-bond acceptors (Lipinski definition) is 2. The van der Waals surface area contributed by atoms with Crippen LogP contribution in [0.25, 0.3) is 0 Å². The van der Waals surface area contributed by atoms with Crippen molar-refractivity contribution in [2.24, 2.45) is 0 Å². The molecule has 0 aliphatic carbocycles. The fourth-order valence-electron chi connectivity index (χ4n) is 1.58. The zero-order chi connectivity index (χ0) is 14.4. The Hall–Kier alpha value is -1.52. The third kappa shape index (κ3) is 4.87. The van der Waals surface area contributed by atoms with Gasteiger partial charge in [-0.05, 0) is 42.5 Å². The van der Waals surface area contributed by atoms with Crippen molar-refractivity contribution in [2.75, 3.05) is 11.1 Å². The monoisotopic (exact) mass is 309 g/mol. The molecule has 0 aromatic heterocycles. The highest BCUT2D eigenvalue weighted by Crippen LogP contribution is 2.21. The largest absolute Gasteiger partial charge is 0.326 e. The van der Waals surface area contributed by atoms with Crippen LogP contribution >= 0.6 is 23.4 Å². The molecule has 0 saturated carbocycles. The Labute approximate surface area is 126 Å². The molecule has 0 aliphatic rings. The maximum atomic E-state index is 13.0. The molecule has 0 saturated heterocycles. The summed E-state index contributed by atoms with van der Waals surface area (Å²) in [5.41, 5.74) is 0.478. The standard InChI is InChI=1S/C15H13ClFNOS/c16-11-4-6-14(7-5-11)20-9-8-15(19)18-13-3-1-2-12(17)10-13/h1-7,10H,8-9H2,(H,18,19). The summed E-state index contributed by atoms with van der Waals surface area (Å²) < 4.78 is 13.0. The Kier molecular flexibility index (Phi) is 5.44. The van der Waals surface area contributed by atoms with Crippen molar-refractivity contribution in [1.82, 2.24) is 0 Å². The third-order valence-corrected chi connectivity index (χ3v) is 3.79. The fourth-order valence-corrected chi connectivity index (χ4v) is 2.56. The normalized spacial score (nSPS) is 10.3. The lowest BCUT2D eigenvalue weighted by molar-refractivity contribution is -0.115. The molecule has 0 unspecified atom stereocenters. The van der Waals surface area contributed by atoms with E-state index in [1.54, 1.807) is 23.9 Å². The minimum Gasteiger partial charge on any atom is -0.326 e. The number of halogens is 2. The van der Waals surface area contributed by atoms with Gasteiger partial charge in [0, 0.05) is 27.8 Å². The Morgan fingerprint density at radius 1 is 1.20 bits per heavy atom. The maximum absolute atomic E-state index is 13.0. The van der Waals surface area contributed by atoms with Gasteiger partial charge in [-0.2, -0.15) is 0 Å². The summed E-state index contributed by atoms with van der Waals surface area (Å²) in [4.78, 5) is 12.8. The van der Waals surface area contributed by atoms with Crippen LogP contribution < -0.4 is 5.32 Å². The SMILES string of the molecule is O=C(CCSc1ccc(Cl)cc1)Nc1cccc(F)c1. The van der Waals surface area contributed by atoms with E-state index in [0.29, 0.717) is 22.9 Å². The quantitative estimate of drug-likeness (QED) is 0.818. The van der Waals surface area contributed by atoms with Gasteiger partial charge < -0.3 is 5.32 Å². The van der Waals surface area contributed by atoms with Crippen LogP contribution in [0, 0.1) is 5.82 Å². The van der Waals surface area contributed by atoms with Crippen molar-refractivity contribution in [3.05, 3.63) is 59.4 Å². The number of nitrogens with one attached hydrogen (secondary N) is 1. The van der Waals surface area contributed by atoms with Gasteiger partial charge in [-0.25, -0.2) is 4.39 Å². The van der Waals surface area contributed by atoms with Crippen LogP contribution in [0.4, 0.5) is 10.1 Å². The van der Waals surface area contributed by atoms with Gasteiger partial charge in [0.25, 0.3) is 0 Å². The molecule has 0 fully saturated rings. The van der Waals surface area contributed by atoms with E-state index in [0.717, 1.165) is 4.90 Å². The third-order valence-electron chi connectivity index (χ3n) is 2.52. The molecular weight excluding hydrogens is 297 g/mol. The van der Waals surface area contributed by atoms with E-state index >= 15 is 0 Å². The number of hydrogen-bond donors (Lipinski definition) is 1. The highest BCUT2D eigenvalue weighted by atomic mass is 35.5. The summed E-state index contributed by atoms with van der Waals surface area (Å²) >= 11 is 7.37. The second-order valence-corrected chi connectivity index (χ2v) is 5.72. The van der Waals surface area contributed by atoms with E-state index in [-0.39, 0.29) is 11.7 Å². The van der Waals surface area contributed by atoms with E-state index < -0.39 is 0 Å². The number of rotatable bonds is 5. The number of carbonyl (C=O) groups is 1. The molecule has 0 radical (unpaired) electrons. The van der Waals surface area contributed by atoms with Gasteiger partial charge in [0.1, 0.15) is 5.82 Å². The minimum atomic E-state index is -0.363. The first-order chi connectivity index (χ1) is 9.63. The number of thioether (sulfide) groups is 1. The van der Waals surface area contributed by atoms with Crippen LogP contribution in [-0.4, -0.2) is 11.7 Å². The Morgan fingerprint density at radius 2 is 1.95 bits per heavy atom. The van der Waals surface area contributed by atoms with Crippen molar-refractivity contribution < 1.29 is 9.18 Å². The second-order valence-electron chi connectivity index (χ2n) is 4.11.